The van der Waals surface area contributed by atoms with Crippen molar-refractivity contribution in [3.63, 3.8) is 0 Å². The maximum absolute atomic E-state index is 14.1. The van der Waals surface area contributed by atoms with Gasteiger partial charge < -0.3 is 4.90 Å². The third-order valence-corrected chi connectivity index (χ3v) is 8.78. The van der Waals surface area contributed by atoms with Crippen molar-refractivity contribution in [1.29, 1.82) is 0 Å². The van der Waals surface area contributed by atoms with E-state index in [-0.39, 0.29) is 31.0 Å². The normalized spacial score (nSPS) is 15.3. The molecule has 0 radical (unpaired) electrons. The lowest BCUT2D eigenvalue weighted by atomic mass is 10.1. The first-order valence-electron chi connectivity index (χ1n) is 9.43. The Morgan fingerprint density at radius 1 is 0.939 bits per heavy atom. The van der Waals surface area contributed by atoms with Gasteiger partial charge in [0.2, 0.25) is 5.82 Å². The molecule has 0 spiro atoms. The van der Waals surface area contributed by atoms with E-state index < -0.39 is 54.9 Å². The molecule has 4 nitrogen and oxygen atoms in total. The smallest absolute Gasteiger partial charge is 0.200 e. The van der Waals surface area contributed by atoms with E-state index in [1.165, 1.54) is 29.5 Å². The molecule has 1 saturated heterocycles. The van der Waals surface area contributed by atoms with Crippen LogP contribution in [-0.2, 0) is 9.84 Å². The lowest BCUT2D eigenvalue weighted by molar-refractivity contribution is 0.356. The van der Waals surface area contributed by atoms with E-state index in [9.17, 15) is 34.8 Å². The highest BCUT2D eigenvalue weighted by molar-refractivity contribution is 7.92. The predicted octanol–water partition coefficient (Wildman–Crippen LogP) is 5.74. The van der Waals surface area contributed by atoms with E-state index in [0.717, 1.165) is 0 Å². The number of thiazole rings is 1. The Hall–Kier alpha value is -2.31. The Bertz CT molecular complexity index is 1310. The number of halogens is 7. The molecule has 1 fully saturated rings. The number of sulfone groups is 1. The van der Waals surface area contributed by atoms with Crippen LogP contribution in [-0.4, -0.2) is 31.7 Å². The molecule has 0 atom stereocenters. The second-order valence-electron chi connectivity index (χ2n) is 7.27. The van der Waals surface area contributed by atoms with E-state index in [2.05, 4.69) is 4.98 Å². The van der Waals surface area contributed by atoms with Crippen molar-refractivity contribution >= 4 is 37.9 Å². The molecule has 0 unspecified atom stereocenters. The Morgan fingerprint density at radius 3 is 2.09 bits per heavy atom. The molecular weight excluding hydrogens is 514 g/mol. The SMILES string of the molecule is O=S(=O)(c1c(F)c(F)c(F)c(F)c1F)C1CCN(c2nc(-c3ccc(F)c(Cl)c3)cs2)CC1. The minimum absolute atomic E-state index is 0.0683. The molecule has 4 rings (SSSR count). The zero-order valence-electron chi connectivity index (χ0n) is 16.4. The van der Waals surface area contributed by atoms with E-state index in [1.807, 2.05) is 0 Å². The molecule has 0 aliphatic carbocycles. The van der Waals surface area contributed by atoms with Gasteiger partial charge in [-0.25, -0.2) is 39.7 Å². The van der Waals surface area contributed by atoms with E-state index in [1.54, 1.807) is 10.3 Å². The fraction of sp³-hybridized carbons (Fsp3) is 0.250. The van der Waals surface area contributed by atoms with Crippen molar-refractivity contribution in [3.05, 3.63) is 63.5 Å². The summed E-state index contributed by atoms with van der Waals surface area (Å²) in [6.07, 6.45) is -0.224. The topological polar surface area (TPSA) is 50.3 Å². The van der Waals surface area contributed by atoms with Crippen molar-refractivity contribution in [2.24, 2.45) is 0 Å². The van der Waals surface area contributed by atoms with Gasteiger partial charge in [-0.2, -0.15) is 0 Å². The Labute approximate surface area is 193 Å². The van der Waals surface area contributed by atoms with Gasteiger partial charge in [0.1, 0.15) is 10.7 Å². The summed E-state index contributed by atoms with van der Waals surface area (Å²) in [6.45, 7) is 0.243. The summed E-state index contributed by atoms with van der Waals surface area (Å²) in [7, 11) is -4.83. The third-order valence-electron chi connectivity index (χ3n) is 5.31. The van der Waals surface area contributed by atoms with Gasteiger partial charge in [-0.3, -0.25) is 0 Å². The zero-order chi connectivity index (χ0) is 24.1. The molecule has 176 valence electrons. The molecule has 0 N–H and O–H groups in total. The standard InChI is InChI=1S/C20H13ClF6N2O2S2/c21-11-7-9(1-2-12(11)22)13-8-32-20(28-13)29-5-3-10(4-6-29)33(30,31)19-17(26)15(24)14(23)16(25)18(19)27/h1-2,7-8,10H,3-6H2. The third kappa shape index (κ3) is 4.19. The number of benzene rings is 2. The fourth-order valence-electron chi connectivity index (χ4n) is 3.56. The van der Waals surface area contributed by atoms with Gasteiger partial charge in [-0.1, -0.05) is 11.6 Å². The summed E-state index contributed by atoms with van der Waals surface area (Å²) >= 11 is 7.04. The highest BCUT2D eigenvalue weighted by Gasteiger charge is 2.39. The maximum atomic E-state index is 14.1. The molecular formula is C20H13ClF6N2O2S2. The summed E-state index contributed by atoms with van der Waals surface area (Å²) in [5.41, 5.74) is 1.10. The number of nitrogens with zero attached hydrogens (tertiary/aromatic N) is 2. The van der Waals surface area contributed by atoms with Crippen LogP contribution in [0.1, 0.15) is 12.8 Å². The number of hydrogen-bond donors (Lipinski definition) is 0. The molecule has 13 heteroatoms. The van der Waals surface area contributed by atoms with E-state index >= 15 is 0 Å². The molecule has 0 amide bonds. The first-order valence-corrected chi connectivity index (χ1v) is 12.2. The van der Waals surface area contributed by atoms with Crippen LogP contribution >= 0.6 is 22.9 Å². The summed E-state index contributed by atoms with van der Waals surface area (Å²) in [4.78, 5) is 4.37. The number of anilines is 1. The second-order valence-corrected chi connectivity index (χ2v) is 10.7. The van der Waals surface area contributed by atoms with Gasteiger partial charge in [-0.15, -0.1) is 11.3 Å². The summed E-state index contributed by atoms with van der Waals surface area (Å²) < 4.78 is 107. The maximum Gasteiger partial charge on any atom is 0.200 e. The van der Waals surface area contributed by atoms with Crippen molar-refractivity contribution < 1.29 is 34.8 Å². The summed E-state index contributed by atoms with van der Waals surface area (Å²) in [5.74, 6) is -12.3. The Morgan fingerprint density at radius 2 is 1.52 bits per heavy atom. The molecule has 1 aromatic heterocycles. The van der Waals surface area contributed by atoms with Crippen molar-refractivity contribution in [2.45, 2.75) is 23.0 Å². The van der Waals surface area contributed by atoms with Gasteiger partial charge in [-0.05, 0) is 31.0 Å². The van der Waals surface area contributed by atoms with Gasteiger partial charge in [0.15, 0.2) is 38.2 Å². The average molecular weight is 527 g/mol. The minimum Gasteiger partial charge on any atom is -0.348 e. The monoisotopic (exact) mass is 526 g/mol. The molecule has 0 bridgehead atoms. The molecule has 2 aromatic carbocycles. The highest BCUT2D eigenvalue weighted by Crippen LogP contribution is 2.35. The predicted molar refractivity (Wildman–Crippen MR) is 111 cm³/mol. The zero-order valence-corrected chi connectivity index (χ0v) is 18.8. The van der Waals surface area contributed by atoms with Gasteiger partial charge >= 0.3 is 0 Å². The van der Waals surface area contributed by atoms with Crippen LogP contribution < -0.4 is 4.90 Å². The molecule has 1 aliphatic heterocycles. The molecule has 3 aromatic rings. The average Bonchev–Trinajstić information content (AvgIpc) is 3.28. The first-order chi connectivity index (χ1) is 15.5. The lowest BCUT2D eigenvalue weighted by Crippen LogP contribution is -2.40. The van der Waals surface area contributed by atoms with Crippen LogP contribution in [0.4, 0.5) is 31.5 Å². The molecule has 1 aliphatic rings. The van der Waals surface area contributed by atoms with Crippen LogP contribution in [0.5, 0.6) is 0 Å². The Balaban J connectivity index is 1.53. The highest BCUT2D eigenvalue weighted by atomic mass is 35.5. The molecule has 0 saturated carbocycles. The first kappa shape index (κ1) is 23.8. The fourth-order valence-corrected chi connectivity index (χ4v) is 6.47. The van der Waals surface area contributed by atoms with Crippen LogP contribution in [0.15, 0.2) is 28.5 Å². The number of piperidine rings is 1. The van der Waals surface area contributed by atoms with Crippen molar-refractivity contribution in [3.8, 4) is 11.3 Å². The number of hydrogen-bond acceptors (Lipinski definition) is 5. The largest absolute Gasteiger partial charge is 0.348 e. The Kier molecular flexibility index (Phi) is 6.36. The molecule has 33 heavy (non-hydrogen) atoms. The van der Waals surface area contributed by atoms with E-state index in [0.29, 0.717) is 16.4 Å². The second kappa shape index (κ2) is 8.80. The summed E-state index contributed by atoms with van der Waals surface area (Å²) in [5, 5.41) is 0.826. The van der Waals surface area contributed by atoms with E-state index in [4.69, 9.17) is 11.6 Å². The van der Waals surface area contributed by atoms with Crippen LogP contribution in [0.2, 0.25) is 5.02 Å². The quantitative estimate of drug-likeness (QED) is 0.188. The van der Waals surface area contributed by atoms with Gasteiger partial charge in [0, 0.05) is 24.0 Å². The molecule has 2 heterocycles. The number of rotatable bonds is 4. The van der Waals surface area contributed by atoms with Crippen LogP contribution in [0, 0.1) is 34.9 Å². The summed E-state index contributed by atoms with van der Waals surface area (Å²) in [6, 6.07) is 4.12. The number of aromatic nitrogens is 1. The minimum atomic E-state index is -4.83. The van der Waals surface area contributed by atoms with Crippen LogP contribution in [0.25, 0.3) is 11.3 Å². The van der Waals surface area contributed by atoms with Crippen molar-refractivity contribution in [1.82, 2.24) is 4.98 Å². The lowest BCUT2D eigenvalue weighted by Gasteiger charge is -2.31. The van der Waals surface area contributed by atoms with Crippen LogP contribution in [0.3, 0.4) is 0 Å². The van der Waals surface area contributed by atoms with Gasteiger partial charge in [0.25, 0.3) is 0 Å². The van der Waals surface area contributed by atoms with Crippen molar-refractivity contribution in [2.75, 3.05) is 18.0 Å². The van der Waals surface area contributed by atoms with Gasteiger partial charge in [0.05, 0.1) is 16.0 Å².